The zero-order valence-corrected chi connectivity index (χ0v) is 16.0. The van der Waals surface area contributed by atoms with E-state index < -0.39 is 11.5 Å². The number of amides is 1. The van der Waals surface area contributed by atoms with E-state index in [1.165, 1.54) is 0 Å². The standard InChI is InChI=1S/C25H21NO3/c1-25(26-23(27)20-15-9-4-10-16-20)21(18-11-5-2-6-12-18)17-22(29-24(25)28)19-13-7-3-8-14-19/h2-17,21H,1H3,(H,26,27)/t21-,25+/m1/s1. The molecular formula is C25H21NO3. The molecule has 1 amide bonds. The molecule has 2 atom stereocenters. The van der Waals surface area contributed by atoms with E-state index in [0.29, 0.717) is 11.3 Å². The number of hydrogen-bond acceptors (Lipinski definition) is 3. The third-order valence-electron chi connectivity index (χ3n) is 5.19. The maximum Gasteiger partial charge on any atom is 0.337 e. The zero-order chi connectivity index (χ0) is 20.3. The third-order valence-corrected chi connectivity index (χ3v) is 5.19. The van der Waals surface area contributed by atoms with Crippen molar-refractivity contribution in [1.29, 1.82) is 0 Å². The van der Waals surface area contributed by atoms with Gasteiger partial charge in [0.1, 0.15) is 11.3 Å². The molecule has 1 heterocycles. The number of carbonyl (C=O) groups is 2. The number of benzene rings is 3. The van der Waals surface area contributed by atoms with Crippen molar-refractivity contribution >= 4 is 17.6 Å². The van der Waals surface area contributed by atoms with Gasteiger partial charge in [0.25, 0.3) is 5.91 Å². The van der Waals surface area contributed by atoms with Crippen LogP contribution in [0, 0.1) is 0 Å². The highest BCUT2D eigenvalue weighted by Gasteiger charge is 2.47. The molecule has 0 aliphatic carbocycles. The van der Waals surface area contributed by atoms with Crippen molar-refractivity contribution in [2.45, 2.75) is 18.4 Å². The van der Waals surface area contributed by atoms with E-state index in [4.69, 9.17) is 4.74 Å². The van der Waals surface area contributed by atoms with Crippen LogP contribution in [0.4, 0.5) is 0 Å². The van der Waals surface area contributed by atoms with Gasteiger partial charge in [0.2, 0.25) is 0 Å². The summed E-state index contributed by atoms with van der Waals surface area (Å²) in [5.41, 5.74) is 0.991. The lowest BCUT2D eigenvalue weighted by Gasteiger charge is -2.38. The van der Waals surface area contributed by atoms with Gasteiger partial charge in [-0.1, -0.05) is 78.9 Å². The van der Waals surface area contributed by atoms with Crippen molar-refractivity contribution in [3.8, 4) is 0 Å². The summed E-state index contributed by atoms with van der Waals surface area (Å²) in [7, 11) is 0. The fourth-order valence-corrected chi connectivity index (χ4v) is 3.56. The minimum absolute atomic E-state index is 0.317. The van der Waals surface area contributed by atoms with E-state index in [-0.39, 0.29) is 11.8 Å². The van der Waals surface area contributed by atoms with E-state index in [1.54, 1.807) is 31.2 Å². The average molecular weight is 383 g/mol. The molecule has 3 aromatic rings. The first-order chi connectivity index (χ1) is 14.1. The van der Waals surface area contributed by atoms with E-state index in [0.717, 1.165) is 11.1 Å². The number of nitrogens with one attached hydrogen (secondary N) is 1. The summed E-state index contributed by atoms with van der Waals surface area (Å²) < 4.78 is 5.68. The van der Waals surface area contributed by atoms with Gasteiger partial charge in [-0.3, -0.25) is 4.79 Å². The second-order valence-electron chi connectivity index (χ2n) is 7.20. The molecule has 0 radical (unpaired) electrons. The second kappa shape index (κ2) is 7.76. The first-order valence-corrected chi connectivity index (χ1v) is 9.50. The third kappa shape index (κ3) is 3.69. The van der Waals surface area contributed by atoms with Crippen molar-refractivity contribution < 1.29 is 14.3 Å². The quantitative estimate of drug-likeness (QED) is 0.672. The van der Waals surface area contributed by atoms with Crippen LogP contribution in [0.3, 0.4) is 0 Å². The Morgan fingerprint density at radius 2 is 1.41 bits per heavy atom. The molecule has 3 aromatic carbocycles. The largest absolute Gasteiger partial charge is 0.424 e. The molecule has 4 heteroatoms. The predicted molar refractivity (Wildman–Crippen MR) is 112 cm³/mol. The molecule has 144 valence electrons. The summed E-state index contributed by atoms with van der Waals surface area (Å²) in [6, 6.07) is 28.0. The van der Waals surface area contributed by atoms with E-state index in [1.807, 2.05) is 72.8 Å². The fraction of sp³-hybridized carbons (Fsp3) is 0.120. The van der Waals surface area contributed by atoms with Crippen molar-refractivity contribution in [1.82, 2.24) is 5.32 Å². The summed E-state index contributed by atoms with van der Waals surface area (Å²) in [5.74, 6) is -0.691. The monoisotopic (exact) mass is 383 g/mol. The Morgan fingerprint density at radius 3 is 2.03 bits per heavy atom. The summed E-state index contributed by atoms with van der Waals surface area (Å²) >= 11 is 0. The van der Waals surface area contributed by atoms with Crippen molar-refractivity contribution in [3.63, 3.8) is 0 Å². The number of hydrogen-bond donors (Lipinski definition) is 1. The predicted octanol–water partition coefficient (Wildman–Crippen LogP) is 4.56. The van der Waals surface area contributed by atoms with Gasteiger partial charge in [0.05, 0.1) is 0 Å². The van der Waals surface area contributed by atoms with Crippen LogP contribution in [0.15, 0.2) is 97.1 Å². The number of ether oxygens (including phenoxy) is 1. The molecule has 29 heavy (non-hydrogen) atoms. The first-order valence-electron chi connectivity index (χ1n) is 9.50. The minimum atomic E-state index is -1.24. The van der Waals surface area contributed by atoms with Crippen LogP contribution in [-0.4, -0.2) is 17.4 Å². The normalized spacial score (nSPS) is 21.1. The van der Waals surface area contributed by atoms with E-state index >= 15 is 0 Å². The maximum atomic E-state index is 13.2. The van der Waals surface area contributed by atoms with Crippen molar-refractivity contribution in [2.24, 2.45) is 0 Å². The number of rotatable bonds is 4. The van der Waals surface area contributed by atoms with Gasteiger partial charge < -0.3 is 10.1 Å². The van der Waals surface area contributed by atoms with Crippen LogP contribution in [0.25, 0.3) is 5.76 Å². The highest BCUT2D eigenvalue weighted by molar-refractivity contribution is 6.00. The lowest BCUT2D eigenvalue weighted by atomic mass is 9.78. The molecule has 0 spiro atoms. The molecule has 0 aromatic heterocycles. The van der Waals surface area contributed by atoms with Crippen molar-refractivity contribution in [3.05, 3.63) is 114 Å². The van der Waals surface area contributed by atoms with Crippen LogP contribution < -0.4 is 5.32 Å². The average Bonchev–Trinajstić information content (AvgIpc) is 2.77. The molecule has 4 nitrogen and oxygen atoms in total. The SMILES string of the molecule is C[C@@]1(NC(=O)c2ccccc2)C(=O)OC(c2ccccc2)=C[C@@H]1c1ccccc1. The number of cyclic esters (lactones) is 1. The molecule has 0 bridgehead atoms. The topological polar surface area (TPSA) is 55.4 Å². The van der Waals surface area contributed by atoms with Gasteiger partial charge in [-0.15, -0.1) is 0 Å². The van der Waals surface area contributed by atoms with Crippen LogP contribution in [0.1, 0.15) is 34.3 Å². The molecule has 4 rings (SSSR count). The molecule has 1 N–H and O–H groups in total. The van der Waals surface area contributed by atoms with E-state index in [9.17, 15) is 9.59 Å². The highest BCUT2D eigenvalue weighted by Crippen LogP contribution is 2.39. The Hall–Kier alpha value is -3.66. The smallest absolute Gasteiger partial charge is 0.337 e. The van der Waals surface area contributed by atoms with Gasteiger partial charge in [-0.2, -0.15) is 0 Å². The van der Waals surface area contributed by atoms with Crippen LogP contribution >= 0.6 is 0 Å². The van der Waals surface area contributed by atoms with Crippen LogP contribution in [0.5, 0.6) is 0 Å². The fourth-order valence-electron chi connectivity index (χ4n) is 3.56. The van der Waals surface area contributed by atoms with Gasteiger partial charge in [0, 0.05) is 17.0 Å². The minimum Gasteiger partial charge on any atom is -0.424 e. The number of carbonyl (C=O) groups excluding carboxylic acids is 2. The molecule has 0 saturated carbocycles. The van der Waals surface area contributed by atoms with Crippen molar-refractivity contribution in [2.75, 3.05) is 0 Å². The van der Waals surface area contributed by atoms with Gasteiger partial charge >= 0.3 is 5.97 Å². The van der Waals surface area contributed by atoms with Crippen LogP contribution in [0.2, 0.25) is 0 Å². The van der Waals surface area contributed by atoms with Crippen LogP contribution in [-0.2, 0) is 9.53 Å². The lowest BCUT2D eigenvalue weighted by Crippen LogP contribution is -2.57. The Labute approximate surface area is 169 Å². The Balaban J connectivity index is 1.76. The highest BCUT2D eigenvalue weighted by atomic mass is 16.5. The van der Waals surface area contributed by atoms with Gasteiger partial charge in [-0.05, 0) is 30.7 Å². The Bertz CT molecular complexity index is 1050. The van der Waals surface area contributed by atoms with Gasteiger partial charge in [0.15, 0.2) is 0 Å². The number of esters is 1. The molecule has 0 saturated heterocycles. The zero-order valence-electron chi connectivity index (χ0n) is 16.0. The molecule has 1 aliphatic rings. The molecule has 1 aliphatic heterocycles. The molecule has 0 unspecified atom stereocenters. The summed E-state index contributed by atoms with van der Waals surface area (Å²) in [5, 5.41) is 2.92. The first kappa shape index (κ1) is 18.7. The molecule has 0 fully saturated rings. The summed E-state index contributed by atoms with van der Waals surface area (Å²) in [4.78, 5) is 26.0. The summed E-state index contributed by atoms with van der Waals surface area (Å²) in [6.07, 6.45) is 1.91. The lowest BCUT2D eigenvalue weighted by molar-refractivity contribution is -0.145. The second-order valence-corrected chi connectivity index (χ2v) is 7.20. The van der Waals surface area contributed by atoms with E-state index in [2.05, 4.69) is 5.32 Å². The summed E-state index contributed by atoms with van der Waals surface area (Å²) in [6.45, 7) is 1.71. The Morgan fingerprint density at radius 1 is 0.862 bits per heavy atom. The van der Waals surface area contributed by atoms with Gasteiger partial charge in [-0.25, -0.2) is 4.79 Å². The Kier molecular flexibility index (Phi) is 5.00. The maximum absolute atomic E-state index is 13.2. The molecular weight excluding hydrogens is 362 g/mol.